The highest BCUT2D eigenvalue weighted by atomic mass is 35.5. The van der Waals surface area contributed by atoms with Crippen LogP contribution < -0.4 is 5.32 Å². The standard InChI is InChI=1S/C19H29N3O.ClH/c1-19(2,3)16-6-4-15(5-7-16)18(23)22-12-10-21(11-13-22)17-8-9-20-14-17;/h4-7,17,20H,8-14H2,1-3H3;1H. The summed E-state index contributed by atoms with van der Waals surface area (Å²) in [4.78, 5) is 17.2. The molecule has 1 amide bonds. The number of halogens is 1. The van der Waals surface area contributed by atoms with Crippen LogP contribution >= 0.6 is 12.4 Å². The molecule has 2 aliphatic heterocycles. The van der Waals surface area contributed by atoms with Gasteiger partial charge in [0.25, 0.3) is 5.91 Å². The molecule has 1 N–H and O–H groups in total. The van der Waals surface area contributed by atoms with Gasteiger partial charge in [-0.3, -0.25) is 9.69 Å². The van der Waals surface area contributed by atoms with Crippen molar-refractivity contribution < 1.29 is 4.79 Å². The molecule has 0 saturated carbocycles. The van der Waals surface area contributed by atoms with E-state index in [0.717, 1.165) is 44.8 Å². The minimum atomic E-state index is 0. The molecule has 0 spiro atoms. The van der Waals surface area contributed by atoms with E-state index in [9.17, 15) is 4.79 Å². The van der Waals surface area contributed by atoms with Crippen molar-refractivity contribution >= 4 is 18.3 Å². The first-order valence-electron chi connectivity index (χ1n) is 8.80. The fraction of sp³-hybridized carbons (Fsp3) is 0.632. The van der Waals surface area contributed by atoms with Crippen molar-refractivity contribution in [1.29, 1.82) is 0 Å². The summed E-state index contributed by atoms with van der Waals surface area (Å²) >= 11 is 0. The Morgan fingerprint density at radius 3 is 2.21 bits per heavy atom. The monoisotopic (exact) mass is 351 g/mol. The second kappa shape index (κ2) is 7.85. The van der Waals surface area contributed by atoms with Gasteiger partial charge in [-0.1, -0.05) is 32.9 Å². The van der Waals surface area contributed by atoms with Crippen molar-refractivity contribution in [2.45, 2.75) is 38.6 Å². The van der Waals surface area contributed by atoms with Crippen molar-refractivity contribution in [3.05, 3.63) is 35.4 Å². The van der Waals surface area contributed by atoms with Gasteiger partial charge in [-0.25, -0.2) is 0 Å². The van der Waals surface area contributed by atoms with Crippen LogP contribution in [0.3, 0.4) is 0 Å². The first-order valence-corrected chi connectivity index (χ1v) is 8.80. The van der Waals surface area contributed by atoms with Crippen molar-refractivity contribution in [2.24, 2.45) is 0 Å². The first-order chi connectivity index (χ1) is 10.9. The van der Waals surface area contributed by atoms with Crippen LogP contribution in [0.4, 0.5) is 0 Å². The predicted molar refractivity (Wildman–Crippen MR) is 101 cm³/mol. The molecule has 1 aromatic carbocycles. The summed E-state index contributed by atoms with van der Waals surface area (Å²) in [5, 5.41) is 3.42. The van der Waals surface area contributed by atoms with Gasteiger partial charge in [0, 0.05) is 44.3 Å². The van der Waals surface area contributed by atoms with Crippen LogP contribution in [-0.2, 0) is 5.41 Å². The first kappa shape index (κ1) is 19.2. The van der Waals surface area contributed by atoms with Crippen molar-refractivity contribution in [1.82, 2.24) is 15.1 Å². The molecule has 1 aromatic rings. The van der Waals surface area contributed by atoms with E-state index in [1.165, 1.54) is 12.0 Å². The predicted octanol–water partition coefficient (Wildman–Crippen LogP) is 2.53. The van der Waals surface area contributed by atoms with Crippen LogP contribution in [0, 0.1) is 0 Å². The zero-order valence-electron chi connectivity index (χ0n) is 15.0. The van der Waals surface area contributed by atoms with Crippen LogP contribution in [0.2, 0.25) is 0 Å². The Morgan fingerprint density at radius 1 is 1.08 bits per heavy atom. The normalized spacial score (nSPS) is 22.3. The van der Waals surface area contributed by atoms with Gasteiger partial charge in [0.2, 0.25) is 0 Å². The highest BCUT2D eigenvalue weighted by molar-refractivity contribution is 5.94. The van der Waals surface area contributed by atoms with E-state index in [0.29, 0.717) is 6.04 Å². The topological polar surface area (TPSA) is 35.6 Å². The quantitative estimate of drug-likeness (QED) is 0.889. The number of carbonyl (C=O) groups excluding carboxylic acids is 1. The Kier molecular flexibility index (Phi) is 6.29. The summed E-state index contributed by atoms with van der Waals surface area (Å²) in [6.45, 7) is 12.5. The molecule has 134 valence electrons. The summed E-state index contributed by atoms with van der Waals surface area (Å²) in [5.74, 6) is 0.176. The number of benzene rings is 1. The lowest BCUT2D eigenvalue weighted by molar-refractivity contribution is 0.0584. The molecule has 0 bridgehead atoms. The number of hydrogen-bond acceptors (Lipinski definition) is 3. The Labute approximate surface area is 152 Å². The molecule has 2 heterocycles. The largest absolute Gasteiger partial charge is 0.336 e. The van der Waals surface area contributed by atoms with Crippen LogP contribution in [0.15, 0.2) is 24.3 Å². The smallest absolute Gasteiger partial charge is 0.253 e. The van der Waals surface area contributed by atoms with Gasteiger partial charge in [-0.05, 0) is 36.1 Å². The Bertz CT molecular complexity index is 539. The third-order valence-corrected chi connectivity index (χ3v) is 5.15. The number of nitrogens with one attached hydrogen (secondary N) is 1. The van der Waals surface area contributed by atoms with Crippen molar-refractivity contribution in [2.75, 3.05) is 39.3 Å². The van der Waals surface area contributed by atoms with E-state index in [4.69, 9.17) is 0 Å². The molecule has 1 unspecified atom stereocenters. The number of piperazine rings is 1. The SMILES string of the molecule is CC(C)(C)c1ccc(C(=O)N2CCN(C3CCNC3)CC2)cc1.Cl. The molecule has 5 heteroatoms. The molecule has 1 atom stereocenters. The van der Waals surface area contributed by atoms with Gasteiger partial charge in [0.05, 0.1) is 0 Å². The van der Waals surface area contributed by atoms with Crippen LogP contribution in [0.5, 0.6) is 0 Å². The molecule has 2 fully saturated rings. The molecule has 0 aliphatic carbocycles. The lowest BCUT2D eigenvalue weighted by atomic mass is 9.86. The highest BCUT2D eigenvalue weighted by Crippen LogP contribution is 2.23. The molecule has 24 heavy (non-hydrogen) atoms. The second-order valence-electron chi connectivity index (χ2n) is 7.80. The van der Waals surface area contributed by atoms with Crippen molar-refractivity contribution in [3.63, 3.8) is 0 Å². The number of rotatable bonds is 2. The molecule has 0 aromatic heterocycles. The number of hydrogen-bond donors (Lipinski definition) is 1. The lowest BCUT2D eigenvalue weighted by Gasteiger charge is -2.37. The van der Waals surface area contributed by atoms with Gasteiger partial charge in [-0.2, -0.15) is 0 Å². The van der Waals surface area contributed by atoms with E-state index in [-0.39, 0.29) is 23.7 Å². The van der Waals surface area contributed by atoms with Crippen LogP contribution in [0.25, 0.3) is 0 Å². The highest BCUT2D eigenvalue weighted by Gasteiger charge is 2.28. The van der Waals surface area contributed by atoms with Gasteiger partial charge in [-0.15, -0.1) is 12.4 Å². The minimum absolute atomic E-state index is 0. The zero-order chi connectivity index (χ0) is 16.4. The third-order valence-electron chi connectivity index (χ3n) is 5.15. The van der Waals surface area contributed by atoms with Gasteiger partial charge in [0.1, 0.15) is 0 Å². The number of carbonyl (C=O) groups is 1. The zero-order valence-corrected chi connectivity index (χ0v) is 15.9. The van der Waals surface area contributed by atoms with Gasteiger partial charge >= 0.3 is 0 Å². The van der Waals surface area contributed by atoms with Crippen LogP contribution in [-0.4, -0.2) is 61.0 Å². The van der Waals surface area contributed by atoms with E-state index >= 15 is 0 Å². The number of nitrogens with zero attached hydrogens (tertiary/aromatic N) is 2. The summed E-state index contributed by atoms with van der Waals surface area (Å²) in [6.07, 6.45) is 1.24. The molecular weight excluding hydrogens is 322 g/mol. The van der Waals surface area contributed by atoms with Crippen molar-refractivity contribution in [3.8, 4) is 0 Å². The van der Waals surface area contributed by atoms with E-state index < -0.39 is 0 Å². The fourth-order valence-corrected chi connectivity index (χ4v) is 3.54. The molecule has 2 saturated heterocycles. The molecule has 3 rings (SSSR count). The van der Waals surface area contributed by atoms with E-state index in [2.05, 4.69) is 43.1 Å². The average molecular weight is 352 g/mol. The van der Waals surface area contributed by atoms with Gasteiger partial charge in [0.15, 0.2) is 0 Å². The van der Waals surface area contributed by atoms with Gasteiger partial charge < -0.3 is 10.2 Å². The fourth-order valence-electron chi connectivity index (χ4n) is 3.54. The second-order valence-corrected chi connectivity index (χ2v) is 7.80. The average Bonchev–Trinajstić information content (AvgIpc) is 3.08. The molecule has 0 radical (unpaired) electrons. The molecular formula is C19H30ClN3O. The maximum Gasteiger partial charge on any atom is 0.253 e. The van der Waals surface area contributed by atoms with E-state index in [1.807, 2.05) is 17.0 Å². The lowest BCUT2D eigenvalue weighted by Crippen LogP contribution is -2.52. The minimum Gasteiger partial charge on any atom is -0.336 e. The Hall–Kier alpha value is -1.10. The maximum absolute atomic E-state index is 12.7. The molecule has 4 nitrogen and oxygen atoms in total. The third kappa shape index (κ3) is 4.29. The summed E-state index contributed by atoms with van der Waals surface area (Å²) in [5.41, 5.74) is 2.21. The Balaban J connectivity index is 0.00000208. The van der Waals surface area contributed by atoms with E-state index in [1.54, 1.807) is 0 Å². The maximum atomic E-state index is 12.7. The summed E-state index contributed by atoms with van der Waals surface area (Å²) in [7, 11) is 0. The van der Waals surface area contributed by atoms with Crippen LogP contribution in [0.1, 0.15) is 43.1 Å². The number of amides is 1. The summed E-state index contributed by atoms with van der Waals surface area (Å²) < 4.78 is 0. The summed E-state index contributed by atoms with van der Waals surface area (Å²) in [6, 6.07) is 8.81. The molecule has 2 aliphatic rings. The Morgan fingerprint density at radius 2 is 1.71 bits per heavy atom.